The van der Waals surface area contributed by atoms with Crippen LogP contribution in [0.4, 0.5) is 17.1 Å². The van der Waals surface area contributed by atoms with E-state index in [1.54, 1.807) is 60.9 Å². The normalized spacial score (nSPS) is 10.2. The highest BCUT2D eigenvalue weighted by atomic mass is 16.5. The molecule has 0 saturated heterocycles. The van der Waals surface area contributed by atoms with Crippen molar-refractivity contribution in [3.8, 4) is 0 Å². The van der Waals surface area contributed by atoms with Crippen molar-refractivity contribution in [3.63, 3.8) is 0 Å². The molecule has 1 aromatic heterocycles. The second-order valence-corrected chi connectivity index (χ2v) is 5.53. The van der Waals surface area contributed by atoms with Crippen molar-refractivity contribution in [3.05, 3.63) is 84.2 Å². The van der Waals surface area contributed by atoms with Crippen LogP contribution < -0.4 is 15.9 Å². The predicted molar refractivity (Wildman–Crippen MR) is 97.7 cm³/mol. The molecule has 3 N–H and O–H groups in total. The summed E-state index contributed by atoms with van der Waals surface area (Å²) in [6, 6.07) is 17.7. The predicted octanol–water partition coefficient (Wildman–Crippen LogP) is 3.87. The Morgan fingerprint density at radius 1 is 0.920 bits per heavy atom. The lowest BCUT2D eigenvalue weighted by Crippen LogP contribution is -2.25. The van der Waals surface area contributed by atoms with Gasteiger partial charge in [0.2, 0.25) is 0 Å². The number of nitrogens with one attached hydrogen (secondary N) is 2. The maximum atomic E-state index is 12.2. The van der Waals surface area contributed by atoms with Gasteiger partial charge in [-0.3, -0.25) is 20.4 Å². The summed E-state index contributed by atoms with van der Waals surface area (Å²) in [7, 11) is 0. The van der Waals surface area contributed by atoms with Gasteiger partial charge in [-0.25, -0.2) is 0 Å². The molecule has 25 heavy (non-hydrogen) atoms. The molecule has 0 bridgehead atoms. The van der Waals surface area contributed by atoms with Gasteiger partial charge in [0.25, 0.3) is 5.91 Å². The third-order valence-electron chi connectivity index (χ3n) is 3.60. The third-order valence-corrected chi connectivity index (χ3v) is 3.60. The Morgan fingerprint density at radius 3 is 2.20 bits per heavy atom. The second-order valence-electron chi connectivity index (χ2n) is 5.53. The van der Waals surface area contributed by atoms with Crippen LogP contribution in [0.1, 0.15) is 15.9 Å². The fourth-order valence-corrected chi connectivity index (χ4v) is 2.21. The van der Waals surface area contributed by atoms with Gasteiger partial charge in [0.15, 0.2) is 0 Å². The molecule has 0 aliphatic heterocycles. The van der Waals surface area contributed by atoms with Crippen LogP contribution in [0.25, 0.3) is 0 Å². The monoisotopic (exact) mass is 334 g/mol. The molecule has 6 heteroatoms. The molecule has 6 nitrogen and oxygen atoms in total. The Balaban J connectivity index is 1.63. The highest BCUT2D eigenvalue weighted by Crippen LogP contribution is 2.17. The molecule has 0 aliphatic carbocycles. The summed E-state index contributed by atoms with van der Waals surface area (Å²) in [6.07, 6.45) is 3.23. The summed E-state index contributed by atoms with van der Waals surface area (Å²) in [5, 5.41) is 13.8. The first kappa shape index (κ1) is 16.5. The Labute approximate surface area is 145 Å². The van der Waals surface area contributed by atoms with Crippen molar-refractivity contribution < 1.29 is 10.0 Å². The largest absolute Gasteiger partial charge is 0.322 e. The van der Waals surface area contributed by atoms with Gasteiger partial charge in [-0.1, -0.05) is 17.7 Å². The van der Waals surface area contributed by atoms with E-state index in [2.05, 4.69) is 15.7 Å². The zero-order chi connectivity index (χ0) is 17.6. The van der Waals surface area contributed by atoms with E-state index in [4.69, 9.17) is 0 Å². The first-order valence-electron chi connectivity index (χ1n) is 7.75. The van der Waals surface area contributed by atoms with Crippen LogP contribution in [0.5, 0.6) is 0 Å². The van der Waals surface area contributed by atoms with E-state index < -0.39 is 0 Å². The van der Waals surface area contributed by atoms with Crippen LogP contribution in [-0.2, 0) is 0 Å². The lowest BCUT2D eigenvalue weighted by atomic mass is 10.2. The van der Waals surface area contributed by atoms with E-state index in [1.807, 2.05) is 19.1 Å². The van der Waals surface area contributed by atoms with Gasteiger partial charge in [0.05, 0.1) is 11.4 Å². The minimum Gasteiger partial charge on any atom is -0.322 e. The number of benzene rings is 2. The van der Waals surface area contributed by atoms with Gasteiger partial charge in [-0.15, -0.1) is 0 Å². The zero-order valence-corrected chi connectivity index (χ0v) is 13.7. The molecule has 1 heterocycles. The van der Waals surface area contributed by atoms with Crippen LogP contribution in [0.2, 0.25) is 0 Å². The van der Waals surface area contributed by atoms with Crippen LogP contribution in [-0.4, -0.2) is 16.1 Å². The zero-order valence-electron chi connectivity index (χ0n) is 13.7. The van der Waals surface area contributed by atoms with Crippen molar-refractivity contribution in [1.82, 2.24) is 4.98 Å². The lowest BCUT2D eigenvalue weighted by molar-refractivity contribution is 0.102. The number of anilines is 3. The average Bonchev–Trinajstić information content (AvgIpc) is 2.63. The number of rotatable bonds is 5. The second kappa shape index (κ2) is 7.46. The molecule has 3 rings (SSSR count). The molecule has 0 aliphatic rings. The Hall–Kier alpha value is -3.38. The Morgan fingerprint density at radius 2 is 1.56 bits per heavy atom. The molecule has 0 atom stereocenters. The van der Waals surface area contributed by atoms with Gasteiger partial charge < -0.3 is 5.32 Å². The number of carbonyl (C=O) groups excluding carboxylic acids is 1. The number of hydrogen-bond donors (Lipinski definition) is 3. The van der Waals surface area contributed by atoms with Crippen LogP contribution in [0.3, 0.4) is 0 Å². The smallest absolute Gasteiger partial charge is 0.255 e. The summed E-state index contributed by atoms with van der Waals surface area (Å²) < 4.78 is 0. The molecule has 0 saturated carbocycles. The Kier molecular flexibility index (Phi) is 4.92. The highest BCUT2D eigenvalue weighted by molar-refractivity contribution is 6.04. The summed E-state index contributed by atoms with van der Waals surface area (Å²) in [6.45, 7) is 1.98. The molecular weight excluding hydrogens is 316 g/mol. The Bertz CT molecular complexity index is 834. The first-order valence-corrected chi connectivity index (χ1v) is 7.75. The van der Waals surface area contributed by atoms with Crippen LogP contribution in [0, 0.1) is 6.92 Å². The number of aromatic nitrogens is 1. The van der Waals surface area contributed by atoms with Gasteiger partial charge in [-0.2, -0.15) is 5.17 Å². The van der Waals surface area contributed by atoms with Crippen LogP contribution in [0.15, 0.2) is 73.1 Å². The molecule has 0 unspecified atom stereocenters. The number of pyridine rings is 1. The van der Waals surface area contributed by atoms with Crippen molar-refractivity contribution in [1.29, 1.82) is 0 Å². The van der Waals surface area contributed by atoms with E-state index in [0.29, 0.717) is 22.6 Å². The van der Waals surface area contributed by atoms with Crippen molar-refractivity contribution in [2.75, 3.05) is 15.9 Å². The van der Waals surface area contributed by atoms with Gasteiger partial charge >= 0.3 is 0 Å². The number of amides is 1. The molecule has 0 fully saturated rings. The maximum absolute atomic E-state index is 12.2. The number of hydrazine groups is 1. The van der Waals surface area contributed by atoms with Gasteiger partial charge in [0, 0.05) is 23.6 Å². The molecular formula is C19H18N4O2. The van der Waals surface area contributed by atoms with Gasteiger partial charge in [-0.05, 0) is 55.5 Å². The summed E-state index contributed by atoms with van der Waals surface area (Å²) in [4.78, 5) is 16.1. The SMILES string of the molecule is Cc1ccc(N(O)Nc2ccc(C(=O)Nc3ccncc3)cc2)cc1. The molecule has 2 aromatic carbocycles. The van der Waals surface area contributed by atoms with Crippen LogP contribution >= 0.6 is 0 Å². The fourth-order valence-electron chi connectivity index (χ4n) is 2.21. The van der Waals surface area contributed by atoms with E-state index in [9.17, 15) is 10.0 Å². The first-order chi connectivity index (χ1) is 12.1. The van der Waals surface area contributed by atoms with E-state index in [-0.39, 0.29) is 5.91 Å². The number of carbonyl (C=O) groups is 1. The maximum Gasteiger partial charge on any atom is 0.255 e. The molecule has 0 spiro atoms. The topological polar surface area (TPSA) is 77.5 Å². The molecule has 1 amide bonds. The summed E-state index contributed by atoms with van der Waals surface area (Å²) >= 11 is 0. The molecule has 126 valence electrons. The summed E-state index contributed by atoms with van der Waals surface area (Å²) in [5.74, 6) is -0.211. The lowest BCUT2D eigenvalue weighted by Gasteiger charge is -2.19. The van der Waals surface area contributed by atoms with Crippen molar-refractivity contribution in [2.24, 2.45) is 0 Å². The van der Waals surface area contributed by atoms with E-state index in [1.165, 1.54) is 0 Å². The average molecular weight is 334 g/mol. The fraction of sp³-hybridized carbons (Fsp3) is 0.0526. The number of aryl methyl sites for hydroxylation is 1. The van der Waals surface area contributed by atoms with Crippen molar-refractivity contribution >= 4 is 23.0 Å². The van der Waals surface area contributed by atoms with Gasteiger partial charge in [0.1, 0.15) is 0 Å². The van der Waals surface area contributed by atoms with Crippen molar-refractivity contribution in [2.45, 2.75) is 6.92 Å². The number of nitrogens with zero attached hydrogens (tertiary/aromatic N) is 2. The standard InChI is InChI=1S/C19H18N4O2/c1-14-2-8-18(9-3-14)23(25)22-17-6-4-15(5-7-17)19(24)21-16-10-12-20-13-11-16/h2-13,22,25H,1H3,(H,20,21,24). The van der Waals surface area contributed by atoms with E-state index >= 15 is 0 Å². The molecule has 3 aromatic rings. The minimum absolute atomic E-state index is 0.211. The minimum atomic E-state index is -0.211. The number of hydrogen-bond acceptors (Lipinski definition) is 5. The summed E-state index contributed by atoms with van der Waals surface area (Å²) in [5.41, 5.74) is 6.43. The quantitative estimate of drug-likeness (QED) is 0.618. The van der Waals surface area contributed by atoms with E-state index in [0.717, 1.165) is 10.7 Å². The molecule has 0 radical (unpaired) electrons. The highest BCUT2D eigenvalue weighted by Gasteiger charge is 2.07. The third kappa shape index (κ3) is 4.33.